The van der Waals surface area contributed by atoms with Gasteiger partial charge in [-0.15, -0.1) is 0 Å². The number of hydrogen-bond donors (Lipinski definition) is 1. The normalized spacial score (nSPS) is 15.1. The van der Waals surface area contributed by atoms with Crippen LogP contribution in [0.3, 0.4) is 0 Å². The minimum absolute atomic E-state index is 0.665. The first-order chi connectivity index (χ1) is 8.78. The highest BCUT2D eigenvalue weighted by Crippen LogP contribution is 2.27. The summed E-state index contributed by atoms with van der Waals surface area (Å²) in [5.74, 6) is 0. The molecule has 0 radical (unpaired) electrons. The fourth-order valence-corrected chi connectivity index (χ4v) is 2.22. The summed E-state index contributed by atoms with van der Waals surface area (Å²) in [4.78, 5) is 0. The smallest absolute Gasteiger partial charge is 0.123 e. The van der Waals surface area contributed by atoms with E-state index < -0.39 is 0 Å². The first-order valence-electron chi connectivity index (χ1n) is 6.08. The van der Waals surface area contributed by atoms with Crippen LogP contribution in [0.25, 0.3) is 11.1 Å². The Morgan fingerprint density at radius 3 is 2.82 bits per heavy atom. The number of rotatable bonds is 1. The topological polar surface area (TPSA) is 35.8 Å². The zero-order valence-electron chi connectivity index (χ0n) is 10.4. The van der Waals surface area contributed by atoms with Gasteiger partial charge in [-0.3, -0.25) is 0 Å². The van der Waals surface area contributed by atoms with Gasteiger partial charge in [0.15, 0.2) is 0 Å². The third-order valence-corrected chi connectivity index (χ3v) is 3.13. The van der Waals surface area contributed by atoms with Crippen LogP contribution >= 0.6 is 0 Å². The standard InChI is InChI=1S/C15H12N2/c16-8-12-3-1-2-4-15(12)11-5-6-13-9-17-10-14(13)7-11/h1-7,17H,9-10H2/i/hD. The van der Waals surface area contributed by atoms with E-state index >= 15 is 0 Å². The molecule has 1 aliphatic heterocycles. The molecule has 2 nitrogen and oxygen atoms in total. The number of hydrogen-bond acceptors (Lipinski definition) is 2. The summed E-state index contributed by atoms with van der Waals surface area (Å²) in [6, 6.07) is 16.0. The van der Waals surface area contributed by atoms with Crippen LogP contribution in [-0.4, -0.2) is 0 Å². The fourth-order valence-electron chi connectivity index (χ4n) is 2.22. The van der Waals surface area contributed by atoms with Crippen LogP contribution in [0.15, 0.2) is 42.5 Å². The molecular formula is C15H12N2. The van der Waals surface area contributed by atoms with Crippen molar-refractivity contribution in [1.82, 2.24) is 5.31 Å². The molecule has 82 valence electrons. The second-order valence-electron chi connectivity index (χ2n) is 4.18. The van der Waals surface area contributed by atoms with Crippen LogP contribution in [0.1, 0.15) is 16.7 Å². The minimum Gasteiger partial charge on any atom is -0.309 e. The number of nitrogens with zero attached hydrogens (tertiary/aromatic N) is 1. The average molecular weight is 221 g/mol. The summed E-state index contributed by atoms with van der Waals surface area (Å²) >= 11 is 0. The molecule has 1 N–H and O–H groups in total. The lowest BCUT2D eigenvalue weighted by atomic mass is 9.97. The monoisotopic (exact) mass is 221 g/mol. The highest BCUT2D eigenvalue weighted by Gasteiger charge is 2.11. The molecule has 0 aromatic heterocycles. The molecule has 0 saturated heterocycles. The van der Waals surface area contributed by atoms with E-state index in [9.17, 15) is 0 Å². The van der Waals surface area contributed by atoms with E-state index in [4.69, 9.17) is 6.67 Å². The van der Waals surface area contributed by atoms with Gasteiger partial charge in [0, 0.05) is 13.1 Å². The number of fused-ring (bicyclic) bond motifs is 1. The fraction of sp³-hybridized carbons (Fsp3) is 0.133. The second-order valence-corrected chi connectivity index (χ2v) is 4.18. The van der Waals surface area contributed by atoms with Gasteiger partial charge < -0.3 is 5.31 Å². The van der Waals surface area contributed by atoms with Gasteiger partial charge in [-0.1, -0.05) is 30.3 Å². The van der Waals surface area contributed by atoms with Crippen molar-refractivity contribution in [2.24, 2.45) is 0 Å². The molecule has 0 aliphatic carbocycles. The molecule has 3 rings (SSSR count). The molecule has 0 amide bonds. The first-order valence-corrected chi connectivity index (χ1v) is 5.63. The second kappa shape index (κ2) is 4.04. The lowest BCUT2D eigenvalue weighted by Gasteiger charge is -2.06. The van der Waals surface area contributed by atoms with Gasteiger partial charge in [-0.2, -0.15) is 5.26 Å². The van der Waals surface area contributed by atoms with E-state index in [-0.39, 0.29) is 0 Å². The van der Waals surface area contributed by atoms with E-state index in [0.29, 0.717) is 18.7 Å². The molecule has 2 aromatic carbocycles. The molecule has 0 spiro atoms. The van der Waals surface area contributed by atoms with Gasteiger partial charge in [0.1, 0.15) is 1.41 Å². The van der Waals surface area contributed by atoms with E-state index in [2.05, 4.69) is 18.2 Å². The van der Waals surface area contributed by atoms with E-state index in [1.54, 1.807) is 5.31 Å². The lowest BCUT2D eigenvalue weighted by Crippen LogP contribution is -1.99. The van der Waals surface area contributed by atoms with E-state index in [1.165, 1.54) is 11.1 Å². The average Bonchev–Trinajstić information content (AvgIpc) is 2.77. The maximum atomic E-state index is 9.13. The van der Waals surface area contributed by atoms with Gasteiger partial charge in [0.2, 0.25) is 0 Å². The third kappa shape index (κ3) is 1.71. The van der Waals surface area contributed by atoms with Crippen molar-refractivity contribution in [1.29, 1.82) is 5.26 Å². The third-order valence-electron chi connectivity index (χ3n) is 3.13. The maximum absolute atomic E-state index is 9.13. The van der Waals surface area contributed by atoms with E-state index in [1.807, 2.05) is 30.3 Å². The Kier molecular flexibility index (Phi) is 2.14. The zero-order valence-corrected chi connectivity index (χ0v) is 9.35. The molecule has 1 aliphatic rings. The Bertz CT molecular complexity index is 643. The highest BCUT2D eigenvalue weighted by atomic mass is 14.9. The zero-order chi connectivity index (χ0) is 12.5. The van der Waals surface area contributed by atoms with Crippen LogP contribution in [0, 0.1) is 11.3 Å². The molecule has 1 heterocycles. The summed E-state index contributed by atoms with van der Waals surface area (Å²) in [5.41, 5.74) is 5.11. The SMILES string of the molecule is [2H]N1Cc2ccc(-c3ccccc3C#N)cc2C1. The van der Waals surface area contributed by atoms with Crippen LogP contribution in [-0.2, 0) is 13.1 Å². The molecule has 0 saturated carbocycles. The molecule has 17 heavy (non-hydrogen) atoms. The Morgan fingerprint density at radius 1 is 1.12 bits per heavy atom. The molecule has 2 heteroatoms. The van der Waals surface area contributed by atoms with Crippen molar-refractivity contribution < 1.29 is 1.41 Å². The molecule has 0 atom stereocenters. The van der Waals surface area contributed by atoms with Crippen molar-refractivity contribution in [3.05, 3.63) is 59.2 Å². The number of nitriles is 1. The van der Waals surface area contributed by atoms with Gasteiger partial charge >= 0.3 is 0 Å². The van der Waals surface area contributed by atoms with Crippen molar-refractivity contribution in [3.8, 4) is 17.2 Å². The summed E-state index contributed by atoms with van der Waals surface area (Å²) in [5, 5.41) is 10.7. The predicted octanol–water partition coefficient (Wildman–Crippen LogP) is 2.83. The summed E-state index contributed by atoms with van der Waals surface area (Å²) in [6.45, 7) is 1.35. The van der Waals surface area contributed by atoms with Crippen molar-refractivity contribution in [2.75, 3.05) is 0 Å². The van der Waals surface area contributed by atoms with Crippen molar-refractivity contribution in [2.45, 2.75) is 13.1 Å². The Morgan fingerprint density at radius 2 is 1.94 bits per heavy atom. The quantitative estimate of drug-likeness (QED) is 0.803. The lowest BCUT2D eigenvalue weighted by molar-refractivity contribution is 0.765. The largest absolute Gasteiger partial charge is 0.309 e. The van der Waals surface area contributed by atoms with Crippen molar-refractivity contribution >= 4 is 0 Å². The van der Waals surface area contributed by atoms with Gasteiger partial charge in [-0.25, -0.2) is 0 Å². The molecule has 0 unspecified atom stereocenters. The Hall–Kier alpha value is -2.11. The van der Waals surface area contributed by atoms with Gasteiger partial charge in [0.05, 0.1) is 11.6 Å². The van der Waals surface area contributed by atoms with Gasteiger partial charge in [0.25, 0.3) is 0 Å². The van der Waals surface area contributed by atoms with Crippen LogP contribution < -0.4 is 5.31 Å². The first kappa shape index (κ1) is 8.98. The number of benzene rings is 2. The van der Waals surface area contributed by atoms with Crippen LogP contribution in [0.4, 0.5) is 0 Å². The Balaban J connectivity index is 2.09. The Labute approximate surface area is 102 Å². The summed E-state index contributed by atoms with van der Waals surface area (Å²) < 4.78 is 7.65. The summed E-state index contributed by atoms with van der Waals surface area (Å²) in [7, 11) is 0. The molecule has 2 aromatic rings. The predicted molar refractivity (Wildman–Crippen MR) is 67.1 cm³/mol. The minimum atomic E-state index is 0.665. The van der Waals surface area contributed by atoms with Gasteiger partial charge in [-0.05, 0) is 34.4 Å². The molecule has 0 bridgehead atoms. The van der Waals surface area contributed by atoms with Crippen molar-refractivity contribution in [3.63, 3.8) is 0 Å². The molecule has 0 fully saturated rings. The van der Waals surface area contributed by atoms with Crippen LogP contribution in [0.5, 0.6) is 0 Å². The maximum Gasteiger partial charge on any atom is 0.123 e. The van der Waals surface area contributed by atoms with E-state index in [0.717, 1.165) is 11.1 Å². The summed E-state index contributed by atoms with van der Waals surface area (Å²) in [6.07, 6.45) is 0. The molecular weight excluding hydrogens is 208 g/mol. The number of nitrogens with one attached hydrogen (secondary N) is 1. The van der Waals surface area contributed by atoms with Crippen LogP contribution in [0.2, 0.25) is 1.41 Å². The highest BCUT2D eigenvalue weighted by molar-refractivity contribution is 5.71.